The Morgan fingerprint density at radius 1 is 0.581 bits per heavy atom. The van der Waals surface area contributed by atoms with E-state index in [9.17, 15) is 15.8 Å². The smallest absolute Gasteiger partial charge is 0.0820 e. The van der Waals surface area contributed by atoms with Crippen LogP contribution in [0, 0.1) is 99.1 Å². The van der Waals surface area contributed by atoms with Gasteiger partial charge in [-0.2, -0.15) is 15.8 Å². The molecule has 6 heteroatoms. The van der Waals surface area contributed by atoms with Crippen LogP contribution in [0.1, 0.15) is 154 Å². The van der Waals surface area contributed by atoms with Crippen LogP contribution in [0.2, 0.25) is 0 Å². The van der Waals surface area contributed by atoms with Crippen molar-refractivity contribution in [2.45, 2.75) is 179 Å². The third-order valence-corrected chi connectivity index (χ3v) is 19.1. The maximum absolute atomic E-state index is 10.4. The van der Waals surface area contributed by atoms with Gasteiger partial charge in [-0.25, -0.2) is 0 Å². The maximum Gasteiger partial charge on any atom is 0.0820 e. The van der Waals surface area contributed by atoms with E-state index in [1.54, 1.807) is 28.0 Å². The third kappa shape index (κ3) is 7.20. The molecular formula is C56H72N6. The molecule has 1 N–H and O–H groups in total. The van der Waals surface area contributed by atoms with Crippen LogP contribution in [0.5, 0.6) is 0 Å². The summed E-state index contributed by atoms with van der Waals surface area (Å²) in [6.45, 7) is 0. The number of allylic oxidation sites excluding steroid dienone is 9. The molecule has 0 radical (unpaired) electrons. The first-order valence-corrected chi connectivity index (χ1v) is 26.0. The number of nitriles is 3. The highest BCUT2D eigenvalue weighted by atomic mass is 15.4. The van der Waals surface area contributed by atoms with E-state index >= 15 is 0 Å². The van der Waals surface area contributed by atoms with Crippen LogP contribution in [-0.2, 0) is 0 Å². The number of nitrogens with one attached hydrogen (secondary N) is 1. The standard InChI is InChI=1S/C56H72N6/c57-33-36-25-27-53-49(29-36)50-30-37(34-58)26-28-54(50)62(53)56-32-39(31-55(60-56)61-51-23-11-9-21-47(51)48-22-10-12-24-52(48)61)41-15-3-4-17-43(41)45-19-7-8-20-46(45)44-18-6-5-16-42(44)40-14-2-1-13-38(40)35-59/h9,11-12,19-21,23-24,36-44,47,49,51,53,55-56,60H,1-8,10,13-18,22,25-32H2. The molecule has 0 bridgehead atoms. The molecule has 11 rings (SSSR count). The van der Waals surface area contributed by atoms with Crippen molar-refractivity contribution in [3.8, 4) is 18.2 Å². The Morgan fingerprint density at radius 3 is 2.05 bits per heavy atom. The molecule has 5 fully saturated rings. The summed E-state index contributed by atoms with van der Waals surface area (Å²) in [6, 6.07) is 9.01. The van der Waals surface area contributed by atoms with Gasteiger partial charge in [0.2, 0.25) is 0 Å². The van der Waals surface area contributed by atoms with Gasteiger partial charge in [0.15, 0.2) is 0 Å². The Bertz CT molecular complexity index is 2080. The van der Waals surface area contributed by atoms with E-state index in [1.165, 1.54) is 108 Å². The Balaban J connectivity index is 0.954. The fraction of sp³-hybridized carbons (Fsp3) is 0.696. The second kappa shape index (κ2) is 17.6. The number of nitrogens with zero attached hydrogens (tertiary/aromatic N) is 5. The van der Waals surface area contributed by atoms with Crippen molar-refractivity contribution in [2.75, 3.05) is 0 Å². The Hall–Kier alpha value is -3.79. The highest BCUT2D eigenvalue weighted by Gasteiger charge is 2.53. The van der Waals surface area contributed by atoms with Gasteiger partial charge in [0.25, 0.3) is 0 Å². The van der Waals surface area contributed by atoms with E-state index in [-0.39, 0.29) is 30.1 Å². The lowest BCUT2D eigenvalue weighted by molar-refractivity contribution is -0.00382. The molecule has 8 aliphatic carbocycles. The molecule has 4 saturated carbocycles. The molecule has 3 heterocycles. The zero-order chi connectivity index (χ0) is 41.7. The minimum absolute atomic E-state index is 0.106. The molecule has 0 aromatic carbocycles. The SMILES string of the molecule is N#CC1CCC2=C(C1)C1CC(C#N)CCC1N2C1CC(C2CCCCC2C2=CCCC=C2C2CCCCC2C2CCCCC2C#N)CC(N2C3=C(CCC=C3)C3C=CC=CC32)N1. The van der Waals surface area contributed by atoms with Crippen LogP contribution in [-0.4, -0.2) is 34.2 Å². The molecule has 11 aliphatic rings. The van der Waals surface area contributed by atoms with Gasteiger partial charge < -0.3 is 9.80 Å². The lowest BCUT2D eigenvalue weighted by Gasteiger charge is -2.53. The fourth-order valence-electron chi connectivity index (χ4n) is 16.5. The fourth-order valence-corrected chi connectivity index (χ4v) is 16.5. The number of piperidine rings is 1. The molecule has 0 amide bonds. The summed E-state index contributed by atoms with van der Waals surface area (Å²) in [5.74, 6) is 5.12. The summed E-state index contributed by atoms with van der Waals surface area (Å²) in [4.78, 5) is 5.80. The van der Waals surface area contributed by atoms with Crippen LogP contribution in [0.15, 0.2) is 82.3 Å². The number of fused-ring (bicyclic) bond motifs is 4. The molecule has 3 aliphatic heterocycles. The lowest BCUT2D eigenvalue weighted by atomic mass is 9.58. The van der Waals surface area contributed by atoms with Crippen molar-refractivity contribution < 1.29 is 0 Å². The summed E-state index contributed by atoms with van der Waals surface area (Å²) >= 11 is 0. The summed E-state index contributed by atoms with van der Waals surface area (Å²) in [7, 11) is 0. The minimum atomic E-state index is 0.106. The Morgan fingerprint density at radius 2 is 1.27 bits per heavy atom. The van der Waals surface area contributed by atoms with Crippen LogP contribution in [0.4, 0.5) is 0 Å². The summed E-state index contributed by atoms with van der Waals surface area (Å²) in [5, 5.41) is 35.3. The molecular weight excluding hydrogens is 757 g/mol. The quantitative estimate of drug-likeness (QED) is 0.287. The highest BCUT2D eigenvalue weighted by Crippen LogP contribution is 2.56. The zero-order valence-electron chi connectivity index (χ0n) is 37.5. The second-order valence-corrected chi connectivity index (χ2v) is 21.9. The molecule has 6 nitrogen and oxygen atoms in total. The molecule has 0 aromatic heterocycles. The van der Waals surface area contributed by atoms with Crippen molar-refractivity contribution >= 4 is 0 Å². The lowest BCUT2D eigenvalue weighted by Crippen LogP contribution is -2.62. The van der Waals surface area contributed by atoms with Gasteiger partial charge in [0.1, 0.15) is 0 Å². The van der Waals surface area contributed by atoms with E-state index in [4.69, 9.17) is 0 Å². The van der Waals surface area contributed by atoms with Crippen LogP contribution in [0.3, 0.4) is 0 Å². The van der Waals surface area contributed by atoms with E-state index in [1.807, 2.05) is 0 Å². The van der Waals surface area contributed by atoms with Crippen LogP contribution < -0.4 is 5.32 Å². The number of hydrogen-bond donors (Lipinski definition) is 1. The van der Waals surface area contributed by atoms with E-state index in [2.05, 4.69) is 81.9 Å². The van der Waals surface area contributed by atoms with Crippen molar-refractivity contribution in [3.63, 3.8) is 0 Å². The first-order chi connectivity index (χ1) is 30.6. The van der Waals surface area contributed by atoms with Crippen molar-refractivity contribution in [1.82, 2.24) is 15.1 Å². The maximum atomic E-state index is 10.4. The van der Waals surface area contributed by atoms with Crippen molar-refractivity contribution in [1.29, 1.82) is 15.8 Å². The van der Waals surface area contributed by atoms with Gasteiger partial charge in [-0.15, -0.1) is 0 Å². The first kappa shape index (κ1) is 40.9. The van der Waals surface area contributed by atoms with Crippen molar-refractivity contribution in [2.24, 2.45) is 65.1 Å². The average Bonchev–Trinajstić information content (AvgIpc) is 3.86. The number of rotatable bonds is 6. The topological polar surface area (TPSA) is 89.9 Å². The van der Waals surface area contributed by atoms with Gasteiger partial charge in [-0.1, -0.05) is 81.1 Å². The van der Waals surface area contributed by atoms with Gasteiger partial charge in [-0.3, -0.25) is 5.32 Å². The molecule has 15 unspecified atom stereocenters. The predicted molar refractivity (Wildman–Crippen MR) is 246 cm³/mol. The minimum Gasteiger partial charge on any atom is -0.356 e. The summed E-state index contributed by atoms with van der Waals surface area (Å²) < 4.78 is 0. The zero-order valence-corrected chi connectivity index (χ0v) is 37.5. The van der Waals surface area contributed by atoms with Gasteiger partial charge in [0, 0.05) is 41.1 Å². The van der Waals surface area contributed by atoms with Crippen LogP contribution >= 0.6 is 0 Å². The molecule has 0 spiro atoms. The second-order valence-electron chi connectivity index (χ2n) is 21.9. The van der Waals surface area contributed by atoms with Crippen LogP contribution in [0.25, 0.3) is 0 Å². The van der Waals surface area contributed by atoms with E-state index in [0.717, 1.165) is 51.4 Å². The van der Waals surface area contributed by atoms with Gasteiger partial charge >= 0.3 is 0 Å². The largest absolute Gasteiger partial charge is 0.356 e. The molecule has 1 saturated heterocycles. The van der Waals surface area contributed by atoms with E-state index < -0.39 is 0 Å². The monoisotopic (exact) mass is 829 g/mol. The molecule has 0 aromatic rings. The van der Waals surface area contributed by atoms with E-state index in [0.29, 0.717) is 59.4 Å². The van der Waals surface area contributed by atoms with Crippen molar-refractivity contribution in [3.05, 3.63) is 82.3 Å². The third-order valence-electron chi connectivity index (χ3n) is 19.1. The summed E-state index contributed by atoms with van der Waals surface area (Å²) in [6.07, 6.45) is 49.1. The molecule has 326 valence electrons. The normalized spacial score (nSPS) is 42.8. The predicted octanol–water partition coefficient (Wildman–Crippen LogP) is 12.5. The Labute approximate surface area is 373 Å². The molecule has 62 heavy (non-hydrogen) atoms. The summed E-state index contributed by atoms with van der Waals surface area (Å²) in [5.41, 5.74) is 9.74. The number of hydrogen-bond acceptors (Lipinski definition) is 6. The Kier molecular flexibility index (Phi) is 11.7. The van der Waals surface area contributed by atoms with Gasteiger partial charge in [-0.05, 0) is 179 Å². The molecule has 15 atom stereocenters. The first-order valence-electron chi connectivity index (χ1n) is 26.0. The van der Waals surface area contributed by atoms with Gasteiger partial charge in [0.05, 0.1) is 42.5 Å². The average molecular weight is 829 g/mol. The highest BCUT2D eigenvalue weighted by molar-refractivity contribution is 5.44.